The minimum Gasteiger partial charge on any atom is -0.361 e. The zero-order valence-corrected chi connectivity index (χ0v) is 23.0. The number of nitrogens with zero attached hydrogens (tertiary/aromatic N) is 2. The molecular weight excluding hydrogens is 467 g/mol. The Hall–Kier alpha value is -2.41. The zero-order valence-electron chi connectivity index (χ0n) is 23.0. The molecule has 1 aliphatic carbocycles. The number of carbonyl (C=O) groups is 2. The number of halogens is 1. The highest BCUT2D eigenvalue weighted by atomic mass is 19.1. The van der Waals surface area contributed by atoms with Gasteiger partial charge in [0.2, 0.25) is 11.8 Å². The Balaban J connectivity index is 1.50. The minimum atomic E-state index is -0.578. The number of aromatic amines is 1. The van der Waals surface area contributed by atoms with Gasteiger partial charge in [0.15, 0.2) is 0 Å². The number of H-pyrrole nitrogens is 1. The lowest BCUT2D eigenvalue weighted by atomic mass is 9.84. The fourth-order valence-corrected chi connectivity index (χ4v) is 7.02. The van der Waals surface area contributed by atoms with Crippen molar-refractivity contribution in [2.24, 2.45) is 11.3 Å². The molecule has 37 heavy (non-hydrogen) atoms. The molecule has 3 heterocycles. The molecule has 2 aromatic rings. The largest absolute Gasteiger partial charge is 0.361 e. The van der Waals surface area contributed by atoms with Crippen molar-refractivity contribution in [2.45, 2.75) is 103 Å². The minimum absolute atomic E-state index is 0.0285. The number of hydrogen-bond acceptors (Lipinski definition) is 3. The Bertz CT molecular complexity index is 1150. The quantitative estimate of drug-likeness (QED) is 0.562. The van der Waals surface area contributed by atoms with E-state index in [1.165, 1.54) is 37.3 Å². The number of likely N-dealkylation sites (tertiary alicyclic amines) is 2. The molecule has 0 unspecified atom stereocenters. The molecule has 2 saturated heterocycles. The van der Waals surface area contributed by atoms with Crippen LogP contribution in [0.1, 0.15) is 84.6 Å². The van der Waals surface area contributed by atoms with E-state index in [9.17, 15) is 14.0 Å². The first-order chi connectivity index (χ1) is 17.6. The summed E-state index contributed by atoms with van der Waals surface area (Å²) in [5, 5.41) is 4.16. The van der Waals surface area contributed by atoms with Gasteiger partial charge >= 0.3 is 0 Å². The number of amides is 2. The van der Waals surface area contributed by atoms with Crippen LogP contribution < -0.4 is 5.32 Å². The number of fused-ring (bicyclic) bond motifs is 2. The molecule has 3 fully saturated rings. The Kier molecular flexibility index (Phi) is 7.12. The predicted octanol–water partition coefficient (Wildman–Crippen LogP) is 5.20. The van der Waals surface area contributed by atoms with Gasteiger partial charge in [0, 0.05) is 54.1 Å². The molecule has 2 N–H and O–H groups in total. The van der Waals surface area contributed by atoms with Gasteiger partial charge in [-0.3, -0.25) is 14.5 Å². The van der Waals surface area contributed by atoms with Crippen molar-refractivity contribution in [3.05, 3.63) is 35.8 Å². The Labute approximate surface area is 220 Å². The maximum atomic E-state index is 14.3. The van der Waals surface area contributed by atoms with Crippen molar-refractivity contribution in [3.8, 4) is 0 Å². The van der Waals surface area contributed by atoms with Crippen LogP contribution in [0.2, 0.25) is 0 Å². The van der Waals surface area contributed by atoms with E-state index in [1.54, 1.807) is 6.07 Å². The van der Waals surface area contributed by atoms with Gasteiger partial charge < -0.3 is 15.2 Å². The fourth-order valence-electron chi connectivity index (χ4n) is 7.02. The molecule has 7 heteroatoms. The average molecular weight is 511 g/mol. The summed E-state index contributed by atoms with van der Waals surface area (Å²) in [6.45, 7) is 11.6. The van der Waals surface area contributed by atoms with Crippen LogP contribution >= 0.6 is 0 Å². The fraction of sp³-hybridized carbons (Fsp3) is 0.667. The highest BCUT2D eigenvalue weighted by Gasteiger charge is 2.54. The molecule has 6 nitrogen and oxygen atoms in total. The van der Waals surface area contributed by atoms with E-state index in [0.717, 1.165) is 30.3 Å². The van der Waals surface area contributed by atoms with Gasteiger partial charge in [0.1, 0.15) is 11.9 Å². The van der Waals surface area contributed by atoms with Crippen LogP contribution in [0.15, 0.2) is 24.4 Å². The Morgan fingerprint density at radius 2 is 1.92 bits per heavy atom. The summed E-state index contributed by atoms with van der Waals surface area (Å²) in [6, 6.07) is 5.30. The number of aromatic nitrogens is 1. The van der Waals surface area contributed by atoms with Crippen LogP contribution in [0.3, 0.4) is 0 Å². The molecule has 5 atom stereocenters. The summed E-state index contributed by atoms with van der Waals surface area (Å²) < 4.78 is 13.9. The van der Waals surface area contributed by atoms with Gasteiger partial charge in [-0.05, 0) is 54.9 Å². The van der Waals surface area contributed by atoms with E-state index in [2.05, 4.69) is 20.1 Å². The lowest BCUT2D eigenvalue weighted by molar-refractivity contribution is -0.141. The van der Waals surface area contributed by atoms with Crippen molar-refractivity contribution < 1.29 is 14.0 Å². The first-order valence-electron chi connectivity index (χ1n) is 14.2. The van der Waals surface area contributed by atoms with Crippen molar-refractivity contribution in [2.75, 3.05) is 13.1 Å². The summed E-state index contributed by atoms with van der Waals surface area (Å²) in [7, 11) is 0. The number of rotatable bonds is 6. The SMILES string of the molecule is CC[C@@H](C)C(=O)N[C@H](C(=O)N1CC[C@@H]2[C@H]1[C@H](c1c[nH]c3cc(F)ccc13)CN2C1CCCC1)C(C)(C)C. The highest BCUT2D eigenvalue weighted by molar-refractivity contribution is 5.90. The smallest absolute Gasteiger partial charge is 0.246 e. The summed E-state index contributed by atoms with van der Waals surface area (Å²) in [6.07, 6.45) is 8.70. The van der Waals surface area contributed by atoms with Crippen molar-refractivity contribution in [1.29, 1.82) is 0 Å². The predicted molar refractivity (Wildman–Crippen MR) is 145 cm³/mol. The molecule has 1 aromatic carbocycles. The van der Waals surface area contributed by atoms with E-state index in [1.807, 2.05) is 46.9 Å². The second-order valence-corrected chi connectivity index (χ2v) is 12.7. The van der Waals surface area contributed by atoms with E-state index in [0.29, 0.717) is 18.6 Å². The van der Waals surface area contributed by atoms with Crippen LogP contribution in [-0.4, -0.2) is 63.9 Å². The van der Waals surface area contributed by atoms with Crippen LogP contribution in [0.4, 0.5) is 4.39 Å². The van der Waals surface area contributed by atoms with Gasteiger partial charge in [-0.1, -0.05) is 47.5 Å². The Morgan fingerprint density at radius 1 is 1.19 bits per heavy atom. The summed E-state index contributed by atoms with van der Waals surface area (Å²) in [4.78, 5) is 35.2. The molecule has 1 saturated carbocycles. The molecule has 1 aromatic heterocycles. The zero-order chi connectivity index (χ0) is 26.5. The summed E-state index contributed by atoms with van der Waals surface area (Å²) in [5.74, 6) is -0.267. The normalized spacial score (nSPS) is 26.5. The first-order valence-corrected chi connectivity index (χ1v) is 14.2. The van der Waals surface area contributed by atoms with Gasteiger partial charge in [-0.25, -0.2) is 4.39 Å². The second-order valence-electron chi connectivity index (χ2n) is 12.7. The van der Waals surface area contributed by atoms with Crippen LogP contribution in [0.25, 0.3) is 10.9 Å². The lowest BCUT2D eigenvalue weighted by Crippen LogP contribution is -2.57. The second kappa shape index (κ2) is 10.0. The number of benzene rings is 1. The number of nitrogens with one attached hydrogen (secondary N) is 2. The molecule has 0 radical (unpaired) electrons. The summed E-state index contributed by atoms with van der Waals surface area (Å²) >= 11 is 0. The van der Waals surface area contributed by atoms with Crippen molar-refractivity contribution in [3.63, 3.8) is 0 Å². The van der Waals surface area contributed by atoms with Crippen molar-refractivity contribution >= 4 is 22.7 Å². The van der Waals surface area contributed by atoms with Gasteiger partial charge in [-0.15, -0.1) is 0 Å². The molecule has 0 bridgehead atoms. The molecular formula is C30H43FN4O2. The van der Waals surface area contributed by atoms with Crippen LogP contribution in [0, 0.1) is 17.2 Å². The highest BCUT2D eigenvalue weighted by Crippen LogP contribution is 2.46. The first kappa shape index (κ1) is 26.2. The van der Waals surface area contributed by atoms with Crippen LogP contribution in [-0.2, 0) is 9.59 Å². The van der Waals surface area contributed by atoms with E-state index in [4.69, 9.17) is 0 Å². The monoisotopic (exact) mass is 510 g/mol. The molecule has 2 amide bonds. The van der Waals surface area contributed by atoms with Gasteiger partial charge in [0.25, 0.3) is 0 Å². The molecule has 3 aliphatic rings. The summed E-state index contributed by atoms with van der Waals surface area (Å²) in [5.41, 5.74) is 1.56. The molecule has 5 rings (SSSR count). The molecule has 2 aliphatic heterocycles. The van der Waals surface area contributed by atoms with E-state index < -0.39 is 11.5 Å². The topological polar surface area (TPSA) is 68.4 Å². The van der Waals surface area contributed by atoms with E-state index in [-0.39, 0.29) is 35.5 Å². The average Bonchev–Trinajstić information content (AvgIpc) is 3.64. The maximum absolute atomic E-state index is 14.3. The third-order valence-corrected chi connectivity index (χ3v) is 9.28. The number of hydrogen-bond donors (Lipinski definition) is 2. The maximum Gasteiger partial charge on any atom is 0.246 e. The van der Waals surface area contributed by atoms with Crippen LogP contribution in [0.5, 0.6) is 0 Å². The molecule has 202 valence electrons. The lowest BCUT2D eigenvalue weighted by Gasteiger charge is -2.37. The standard InChI is InChI=1S/C30H43FN4O2/c1-6-18(2)28(36)33-27(30(3,4)5)29(37)34-14-13-25-26(34)23(17-35(25)20-9-7-8-10-20)22-16-32-24-15-19(31)11-12-21(22)24/h11-12,15-16,18,20,23,25-27,32H,6-10,13-14,17H2,1-5H3,(H,33,36)/t18-,23+,25-,26-,27-/m1/s1. The number of carbonyl (C=O) groups excluding carboxylic acids is 2. The van der Waals surface area contributed by atoms with Crippen molar-refractivity contribution in [1.82, 2.24) is 20.1 Å². The van der Waals surface area contributed by atoms with Gasteiger partial charge in [-0.2, -0.15) is 0 Å². The third-order valence-electron chi connectivity index (χ3n) is 9.28. The van der Waals surface area contributed by atoms with E-state index >= 15 is 0 Å². The third kappa shape index (κ3) is 4.80. The Morgan fingerprint density at radius 3 is 2.59 bits per heavy atom. The molecule has 0 spiro atoms. The van der Waals surface area contributed by atoms with Gasteiger partial charge in [0.05, 0.1) is 6.04 Å².